The summed E-state index contributed by atoms with van der Waals surface area (Å²) in [5.41, 5.74) is -0.936. The van der Waals surface area contributed by atoms with E-state index in [1.807, 2.05) is 13.8 Å². The molecule has 15 heavy (non-hydrogen) atoms. The third kappa shape index (κ3) is 6.35. The molecule has 0 aromatic rings. The highest BCUT2D eigenvalue weighted by atomic mass is 35.5. The van der Waals surface area contributed by atoms with Crippen molar-refractivity contribution in [1.82, 2.24) is 4.72 Å². The van der Waals surface area contributed by atoms with Crippen LogP contribution in [0.15, 0.2) is 0 Å². The fourth-order valence-corrected chi connectivity index (χ4v) is 2.51. The van der Waals surface area contributed by atoms with Crippen molar-refractivity contribution in [2.24, 2.45) is 0 Å². The van der Waals surface area contributed by atoms with Crippen LogP contribution in [-0.4, -0.2) is 37.3 Å². The summed E-state index contributed by atoms with van der Waals surface area (Å²) >= 11 is 5.41. The lowest BCUT2D eigenvalue weighted by Gasteiger charge is -2.25. The van der Waals surface area contributed by atoms with Gasteiger partial charge < -0.3 is 5.11 Å². The first-order valence-corrected chi connectivity index (χ1v) is 7.33. The van der Waals surface area contributed by atoms with Crippen molar-refractivity contribution in [3.63, 3.8) is 0 Å². The smallest absolute Gasteiger partial charge is 0.211 e. The van der Waals surface area contributed by atoms with Crippen LogP contribution in [0.1, 0.15) is 33.1 Å². The average molecular weight is 258 g/mol. The van der Waals surface area contributed by atoms with Crippen molar-refractivity contribution in [2.45, 2.75) is 38.7 Å². The molecular formula is C9H20ClNO3S. The van der Waals surface area contributed by atoms with Gasteiger partial charge in [0.15, 0.2) is 0 Å². The van der Waals surface area contributed by atoms with Crippen molar-refractivity contribution in [3.05, 3.63) is 0 Å². The molecule has 0 heterocycles. The maximum Gasteiger partial charge on any atom is 0.211 e. The van der Waals surface area contributed by atoms with Gasteiger partial charge in [-0.2, -0.15) is 0 Å². The molecule has 6 heteroatoms. The molecule has 0 aromatic carbocycles. The fourth-order valence-electron chi connectivity index (χ4n) is 1.06. The van der Waals surface area contributed by atoms with Gasteiger partial charge in [-0.25, -0.2) is 13.1 Å². The van der Waals surface area contributed by atoms with Gasteiger partial charge in [0.1, 0.15) is 0 Å². The molecule has 0 aromatic heterocycles. The summed E-state index contributed by atoms with van der Waals surface area (Å²) in [6.07, 6.45) is 1.48. The highest BCUT2D eigenvalue weighted by Crippen LogP contribution is 2.13. The predicted octanol–water partition coefficient (Wildman–Crippen LogP) is 1.09. The van der Waals surface area contributed by atoms with Crippen LogP contribution in [0.3, 0.4) is 0 Å². The first-order valence-electron chi connectivity index (χ1n) is 5.15. The van der Waals surface area contributed by atoms with Gasteiger partial charge >= 0.3 is 0 Å². The number of hydrogen-bond acceptors (Lipinski definition) is 3. The fraction of sp³-hybridized carbons (Fsp3) is 1.00. The zero-order valence-corrected chi connectivity index (χ0v) is 10.9. The number of halogens is 1. The van der Waals surface area contributed by atoms with E-state index in [2.05, 4.69) is 4.72 Å². The molecule has 2 N–H and O–H groups in total. The van der Waals surface area contributed by atoms with Crippen molar-refractivity contribution in [1.29, 1.82) is 0 Å². The van der Waals surface area contributed by atoms with Crippen LogP contribution < -0.4 is 4.72 Å². The summed E-state index contributed by atoms with van der Waals surface area (Å²) < 4.78 is 25.2. The van der Waals surface area contributed by atoms with Crippen molar-refractivity contribution < 1.29 is 13.5 Å². The molecule has 0 rings (SSSR count). The van der Waals surface area contributed by atoms with E-state index in [-0.39, 0.29) is 12.3 Å². The Morgan fingerprint density at radius 3 is 2.27 bits per heavy atom. The molecule has 0 bridgehead atoms. The van der Waals surface area contributed by atoms with Gasteiger partial charge in [0.25, 0.3) is 0 Å². The first kappa shape index (κ1) is 15.2. The minimum absolute atomic E-state index is 0.0139. The molecule has 0 amide bonds. The number of alkyl halides is 1. The van der Waals surface area contributed by atoms with Crippen LogP contribution in [0.2, 0.25) is 0 Å². The second-order valence-electron chi connectivity index (χ2n) is 3.61. The lowest BCUT2D eigenvalue weighted by Crippen LogP contribution is -2.42. The summed E-state index contributed by atoms with van der Waals surface area (Å²) in [6.45, 7) is 3.73. The zero-order valence-electron chi connectivity index (χ0n) is 9.29. The quantitative estimate of drug-likeness (QED) is 0.640. The monoisotopic (exact) mass is 257 g/mol. The second kappa shape index (κ2) is 6.68. The summed E-state index contributed by atoms with van der Waals surface area (Å²) in [5.74, 6) is 0.340. The number of hydrogen-bond donors (Lipinski definition) is 2. The van der Waals surface area contributed by atoms with Crippen LogP contribution in [-0.2, 0) is 10.0 Å². The Kier molecular flexibility index (Phi) is 6.75. The first-order chi connectivity index (χ1) is 6.89. The Bertz CT molecular complexity index is 263. The Balaban J connectivity index is 4.13. The van der Waals surface area contributed by atoms with Crippen LogP contribution in [0, 0.1) is 0 Å². The average Bonchev–Trinajstić information content (AvgIpc) is 2.23. The van der Waals surface area contributed by atoms with E-state index in [4.69, 9.17) is 11.6 Å². The van der Waals surface area contributed by atoms with Crippen molar-refractivity contribution in [3.8, 4) is 0 Å². The van der Waals surface area contributed by atoms with E-state index in [9.17, 15) is 13.5 Å². The number of aliphatic hydroxyl groups is 1. The molecule has 0 aliphatic carbocycles. The van der Waals surface area contributed by atoms with E-state index in [0.29, 0.717) is 25.1 Å². The molecule has 0 unspecified atom stereocenters. The van der Waals surface area contributed by atoms with Gasteiger partial charge in [0, 0.05) is 12.4 Å². The minimum atomic E-state index is -3.29. The van der Waals surface area contributed by atoms with Crippen molar-refractivity contribution >= 4 is 21.6 Å². The topological polar surface area (TPSA) is 66.4 Å². The van der Waals surface area contributed by atoms with Gasteiger partial charge in [0.05, 0.1) is 11.4 Å². The third-order valence-corrected chi connectivity index (χ3v) is 4.16. The van der Waals surface area contributed by atoms with Crippen molar-refractivity contribution in [2.75, 3.05) is 18.2 Å². The molecule has 0 atom stereocenters. The van der Waals surface area contributed by atoms with E-state index in [1.54, 1.807) is 0 Å². The summed E-state index contributed by atoms with van der Waals surface area (Å²) in [7, 11) is -3.29. The molecule has 0 aliphatic rings. The summed E-state index contributed by atoms with van der Waals surface area (Å²) in [6, 6.07) is 0. The molecular weight excluding hydrogens is 238 g/mol. The zero-order chi connectivity index (χ0) is 11.9. The lowest BCUT2D eigenvalue weighted by atomic mass is 9.98. The highest BCUT2D eigenvalue weighted by Gasteiger charge is 2.24. The van der Waals surface area contributed by atoms with Gasteiger partial charge in [0.2, 0.25) is 10.0 Å². The van der Waals surface area contributed by atoms with Crippen LogP contribution in [0.5, 0.6) is 0 Å². The van der Waals surface area contributed by atoms with Gasteiger partial charge in [-0.15, -0.1) is 11.6 Å². The second-order valence-corrected chi connectivity index (χ2v) is 5.92. The molecule has 0 aliphatic heterocycles. The molecule has 0 fully saturated rings. The molecule has 0 spiro atoms. The van der Waals surface area contributed by atoms with E-state index in [1.165, 1.54) is 0 Å². The normalized spacial score (nSPS) is 13.1. The predicted molar refractivity (Wildman–Crippen MR) is 62.7 cm³/mol. The Morgan fingerprint density at radius 1 is 1.33 bits per heavy atom. The SMILES string of the molecule is CCC(O)(CC)CNS(=O)(=O)CCCCl. The largest absolute Gasteiger partial charge is 0.389 e. The van der Waals surface area contributed by atoms with Gasteiger partial charge in [-0.1, -0.05) is 13.8 Å². The van der Waals surface area contributed by atoms with E-state index >= 15 is 0 Å². The van der Waals surface area contributed by atoms with Crippen LogP contribution in [0.25, 0.3) is 0 Å². The molecule has 92 valence electrons. The van der Waals surface area contributed by atoms with Gasteiger partial charge in [-0.3, -0.25) is 0 Å². The Hall–Kier alpha value is 0.160. The number of nitrogens with one attached hydrogen (secondary N) is 1. The highest BCUT2D eigenvalue weighted by molar-refractivity contribution is 7.89. The summed E-state index contributed by atoms with van der Waals surface area (Å²) in [4.78, 5) is 0. The van der Waals surface area contributed by atoms with E-state index in [0.717, 1.165) is 0 Å². The van der Waals surface area contributed by atoms with Crippen LogP contribution >= 0.6 is 11.6 Å². The minimum Gasteiger partial charge on any atom is -0.389 e. The lowest BCUT2D eigenvalue weighted by molar-refractivity contribution is 0.0377. The molecule has 4 nitrogen and oxygen atoms in total. The molecule has 0 saturated carbocycles. The standard InChI is InChI=1S/C9H20ClNO3S/c1-3-9(12,4-2)8-11-15(13,14)7-5-6-10/h11-12H,3-8H2,1-2H3. The van der Waals surface area contributed by atoms with Gasteiger partial charge in [-0.05, 0) is 19.3 Å². The summed E-state index contributed by atoms with van der Waals surface area (Å²) in [5, 5.41) is 9.86. The molecule has 0 radical (unpaired) electrons. The third-order valence-electron chi connectivity index (χ3n) is 2.48. The molecule has 0 saturated heterocycles. The Morgan fingerprint density at radius 2 is 1.87 bits per heavy atom. The Labute approximate surface area is 97.1 Å². The van der Waals surface area contributed by atoms with E-state index < -0.39 is 15.6 Å². The maximum atomic E-state index is 11.4. The van der Waals surface area contributed by atoms with Crippen LogP contribution in [0.4, 0.5) is 0 Å². The number of sulfonamides is 1. The number of rotatable bonds is 8. The maximum absolute atomic E-state index is 11.4.